The summed E-state index contributed by atoms with van der Waals surface area (Å²) in [6.07, 6.45) is 2.63. The Bertz CT molecular complexity index is 276. The Labute approximate surface area is 85.7 Å². The maximum Gasteiger partial charge on any atom is 0.137 e. The standard InChI is InChI=1S/C10H12BrFO/c11-9-7-8(3-1-2-6-13)4-5-10(9)12/h4-5,7,13H,1-3,6H2. The number of aliphatic hydroxyl groups is 1. The van der Waals surface area contributed by atoms with Crippen LogP contribution in [0.15, 0.2) is 22.7 Å². The van der Waals surface area contributed by atoms with Gasteiger partial charge in [0.1, 0.15) is 5.82 Å². The van der Waals surface area contributed by atoms with Crippen LogP contribution in [0.2, 0.25) is 0 Å². The minimum absolute atomic E-state index is 0.225. The molecule has 13 heavy (non-hydrogen) atoms. The zero-order chi connectivity index (χ0) is 9.68. The van der Waals surface area contributed by atoms with E-state index in [0.717, 1.165) is 24.8 Å². The Kier molecular flexibility index (Phi) is 4.39. The maximum atomic E-state index is 12.8. The first-order valence-electron chi connectivity index (χ1n) is 4.29. The molecule has 1 nitrogen and oxygen atoms in total. The number of benzene rings is 1. The summed E-state index contributed by atoms with van der Waals surface area (Å²) in [5, 5.41) is 8.57. The molecule has 1 rings (SSSR count). The highest BCUT2D eigenvalue weighted by Crippen LogP contribution is 2.17. The number of aryl methyl sites for hydroxylation is 1. The molecule has 0 radical (unpaired) electrons. The predicted molar refractivity (Wildman–Crippen MR) is 54.1 cm³/mol. The largest absolute Gasteiger partial charge is 0.396 e. The van der Waals surface area contributed by atoms with E-state index in [0.29, 0.717) is 4.47 Å². The molecule has 1 aromatic rings. The molecular formula is C10H12BrFO. The molecular weight excluding hydrogens is 235 g/mol. The smallest absolute Gasteiger partial charge is 0.137 e. The number of unbranched alkanes of at least 4 members (excludes halogenated alkanes) is 1. The van der Waals surface area contributed by atoms with Gasteiger partial charge in [0.15, 0.2) is 0 Å². The molecule has 0 atom stereocenters. The van der Waals surface area contributed by atoms with E-state index in [1.54, 1.807) is 12.1 Å². The van der Waals surface area contributed by atoms with E-state index in [4.69, 9.17) is 5.11 Å². The van der Waals surface area contributed by atoms with E-state index >= 15 is 0 Å². The Hall–Kier alpha value is -0.410. The summed E-state index contributed by atoms with van der Waals surface area (Å²) < 4.78 is 13.3. The summed E-state index contributed by atoms with van der Waals surface area (Å²) in [4.78, 5) is 0. The lowest BCUT2D eigenvalue weighted by molar-refractivity contribution is 0.284. The monoisotopic (exact) mass is 246 g/mol. The first-order chi connectivity index (χ1) is 6.24. The molecule has 72 valence electrons. The third kappa shape index (κ3) is 3.44. The van der Waals surface area contributed by atoms with Gasteiger partial charge in [-0.15, -0.1) is 0 Å². The van der Waals surface area contributed by atoms with Crippen molar-refractivity contribution in [1.29, 1.82) is 0 Å². The van der Waals surface area contributed by atoms with E-state index < -0.39 is 0 Å². The summed E-state index contributed by atoms with van der Waals surface area (Å²) in [6, 6.07) is 5.02. The van der Waals surface area contributed by atoms with Crippen molar-refractivity contribution < 1.29 is 9.50 Å². The average molecular weight is 247 g/mol. The van der Waals surface area contributed by atoms with Crippen LogP contribution in [0, 0.1) is 5.82 Å². The third-order valence-corrected chi connectivity index (χ3v) is 2.47. The molecule has 0 fully saturated rings. The zero-order valence-electron chi connectivity index (χ0n) is 7.26. The molecule has 0 saturated carbocycles. The normalized spacial score (nSPS) is 10.4. The molecule has 0 saturated heterocycles. The fourth-order valence-electron chi connectivity index (χ4n) is 1.14. The third-order valence-electron chi connectivity index (χ3n) is 1.86. The summed E-state index contributed by atoms with van der Waals surface area (Å²) in [5.41, 5.74) is 1.10. The zero-order valence-corrected chi connectivity index (χ0v) is 8.85. The van der Waals surface area contributed by atoms with Crippen molar-refractivity contribution in [2.24, 2.45) is 0 Å². The summed E-state index contributed by atoms with van der Waals surface area (Å²) >= 11 is 3.13. The van der Waals surface area contributed by atoms with Gasteiger partial charge in [-0.3, -0.25) is 0 Å². The highest BCUT2D eigenvalue weighted by Gasteiger charge is 1.99. The molecule has 0 aromatic heterocycles. The van der Waals surface area contributed by atoms with Gasteiger partial charge in [-0.05, 0) is 52.9 Å². The minimum atomic E-state index is -0.231. The van der Waals surface area contributed by atoms with Crippen LogP contribution in [0.5, 0.6) is 0 Å². The van der Waals surface area contributed by atoms with Crippen LogP contribution in [0.3, 0.4) is 0 Å². The van der Waals surface area contributed by atoms with Crippen LogP contribution in [-0.2, 0) is 6.42 Å². The number of hydrogen-bond donors (Lipinski definition) is 1. The molecule has 0 aliphatic heterocycles. The summed E-state index contributed by atoms with van der Waals surface area (Å²) in [5.74, 6) is -0.231. The molecule has 1 N–H and O–H groups in total. The predicted octanol–water partition coefficient (Wildman–Crippen LogP) is 2.90. The lowest BCUT2D eigenvalue weighted by Gasteiger charge is -2.01. The van der Waals surface area contributed by atoms with Crippen molar-refractivity contribution in [2.75, 3.05) is 6.61 Å². The van der Waals surface area contributed by atoms with Crippen molar-refractivity contribution in [1.82, 2.24) is 0 Å². The van der Waals surface area contributed by atoms with E-state index in [9.17, 15) is 4.39 Å². The van der Waals surface area contributed by atoms with Crippen LogP contribution in [0.4, 0.5) is 4.39 Å². The van der Waals surface area contributed by atoms with Gasteiger partial charge in [-0.1, -0.05) is 6.07 Å². The molecule has 0 amide bonds. The lowest BCUT2D eigenvalue weighted by atomic mass is 10.1. The van der Waals surface area contributed by atoms with Gasteiger partial charge in [0.25, 0.3) is 0 Å². The van der Waals surface area contributed by atoms with Gasteiger partial charge >= 0.3 is 0 Å². The van der Waals surface area contributed by atoms with Crippen molar-refractivity contribution in [3.63, 3.8) is 0 Å². The van der Waals surface area contributed by atoms with Crippen molar-refractivity contribution in [2.45, 2.75) is 19.3 Å². The second-order valence-electron chi connectivity index (χ2n) is 2.93. The molecule has 3 heteroatoms. The molecule has 0 spiro atoms. The van der Waals surface area contributed by atoms with Gasteiger partial charge in [0.05, 0.1) is 4.47 Å². The number of rotatable bonds is 4. The van der Waals surface area contributed by atoms with Gasteiger partial charge < -0.3 is 5.11 Å². The Morgan fingerprint density at radius 1 is 1.31 bits per heavy atom. The van der Waals surface area contributed by atoms with Gasteiger partial charge in [0, 0.05) is 6.61 Å². The van der Waals surface area contributed by atoms with E-state index in [-0.39, 0.29) is 12.4 Å². The fraction of sp³-hybridized carbons (Fsp3) is 0.400. The maximum absolute atomic E-state index is 12.8. The molecule has 0 heterocycles. The summed E-state index contributed by atoms with van der Waals surface area (Å²) in [7, 11) is 0. The van der Waals surface area contributed by atoms with E-state index in [2.05, 4.69) is 15.9 Å². The first kappa shape index (κ1) is 10.7. The molecule has 1 aromatic carbocycles. The van der Waals surface area contributed by atoms with E-state index in [1.807, 2.05) is 0 Å². The molecule has 0 aliphatic carbocycles. The van der Waals surface area contributed by atoms with Crippen LogP contribution >= 0.6 is 15.9 Å². The van der Waals surface area contributed by atoms with Gasteiger partial charge in [-0.2, -0.15) is 0 Å². The van der Waals surface area contributed by atoms with Gasteiger partial charge in [0.2, 0.25) is 0 Å². The first-order valence-corrected chi connectivity index (χ1v) is 5.08. The highest BCUT2D eigenvalue weighted by molar-refractivity contribution is 9.10. The molecule has 0 unspecified atom stereocenters. The van der Waals surface area contributed by atoms with Crippen molar-refractivity contribution >= 4 is 15.9 Å². The van der Waals surface area contributed by atoms with Crippen LogP contribution in [0.1, 0.15) is 18.4 Å². The Morgan fingerprint density at radius 3 is 2.69 bits per heavy atom. The minimum Gasteiger partial charge on any atom is -0.396 e. The second kappa shape index (κ2) is 5.35. The summed E-state index contributed by atoms with van der Waals surface area (Å²) in [6.45, 7) is 0.225. The SMILES string of the molecule is OCCCCc1ccc(F)c(Br)c1. The lowest BCUT2D eigenvalue weighted by Crippen LogP contribution is -1.89. The van der Waals surface area contributed by atoms with Crippen LogP contribution in [-0.4, -0.2) is 11.7 Å². The number of hydrogen-bond acceptors (Lipinski definition) is 1. The molecule has 0 bridgehead atoms. The van der Waals surface area contributed by atoms with Crippen LogP contribution < -0.4 is 0 Å². The Balaban J connectivity index is 2.53. The Morgan fingerprint density at radius 2 is 2.08 bits per heavy atom. The van der Waals surface area contributed by atoms with Crippen LogP contribution in [0.25, 0.3) is 0 Å². The van der Waals surface area contributed by atoms with E-state index in [1.165, 1.54) is 6.07 Å². The molecule has 0 aliphatic rings. The fourth-order valence-corrected chi connectivity index (χ4v) is 1.56. The van der Waals surface area contributed by atoms with Crippen molar-refractivity contribution in [3.8, 4) is 0 Å². The quantitative estimate of drug-likeness (QED) is 0.811. The topological polar surface area (TPSA) is 20.2 Å². The number of aliphatic hydroxyl groups excluding tert-OH is 1. The average Bonchev–Trinajstić information content (AvgIpc) is 2.12. The highest BCUT2D eigenvalue weighted by atomic mass is 79.9. The van der Waals surface area contributed by atoms with Gasteiger partial charge in [-0.25, -0.2) is 4.39 Å². The van der Waals surface area contributed by atoms with Crippen molar-refractivity contribution in [3.05, 3.63) is 34.1 Å². The number of halogens is 2. The second-order valence-corrected chi connectivity index (χ2v) is 3.78.